The average Bonchev–Trinajstić information content (AvgIpc) is 2.62. The number of rotatable bonds is 7. The Morgan fingerprint density at radius 1 is 1.35 bits per heavy atom. The number of hydrogen-bond donors (Lipinski definition) is 1. The van der Waals surface area contributed by atoms with Gasteiger partial charge in [-0.15, -0.1) is 0 Å². The van der Waals surface area contributed by atoms with Crippen molar-refractivity contribution in [3.05, 3.63) is 33.3 Å². The minimum Gasteiger partial charge on any atom is -0.453 e. The van der Waals surface area contributed by atoms with Crippen molar-refractivity contribution in [2.75, 3.05) is 5.32 Å². The van der Waals surface area contributed by atoms with E-state index >= 15 is 0 Å². The molecule has 1 atom stereocenters. The van der Waals surface area contributed by atoms with E-state index in [4.69, 9.17) is 16.3 Å². The maximum absolute atomic E-state index is 12.2. The van der Waals surface area contributed by atoms with Crippen LogP contribution in [0.1, 0.15) is 51.9 Å². The molecule has 0 spiro atoms. The first-order valence-corrected chi connectivity index (χ1v) is 9.19. The lowest BCUT2D eigenvalue weighted by atomic mass is 9.86. The first-order valence-electron chi connectivity index (χ1n) is 8.81. The van der Waals surface area contributed by atoms with Crippen molar-refractivity contribution < 1.29 is 19.2 Å². The molecule has 7 nitrogen and oxygen atoms in total. The lowest BCUT2D eigenvalue weighted by molar-refractivity contribution is -0.384. The van der Waals surface area contributed by atoms with E-state index in [1.165, 1.54) is 38.3 Å². The summed E-state index contributed by atoms with van der Waals surface area (Å²) >= 11 is 5.95. The summed E-state index contributed by atoms with van der Waals surface area (Å²) in [5, 5.41) is 13.4. The maximum atomic E-state index is 12.2. The number of nitro benzene ring substituents is 1. The summed E-state index contributed by atoms with van der Waals surface area (Å²) in [7, 11) is 0. The van der Waals surface area contributed by atoms with Gasteiger partial charge in [-0.3, -0.25) is 19.7 Å². The first kappa shape index (κ1) is 20.2. The van der Waals surface area contributed by atoms with E-state index in [-0.39, 0.29) is 16.4 Å². The van der Waals surface area contributed by atoms with Gasteiger partial charge in [0.05, 0.1) is 15.6 Å². The zero-order chi connectivity index (χ0) is 19.1. The maximum Gasteiger partial charge on any atom is 0.306 e. The average molecular weight is 383 g/mol. The number of ether oxygens (including phenoxy) is 1. The minimum absolute atomic E-state index is 0.107. The van der Waals surface area contributed by atoms with E-state index in [0.717, 1.165) is 25.3 Å². The fourth-order valence-corrected chi connectivity index (χ4v) is 3.23. The van der Waals surface area contributed by atoms with Gasteiger partial charge >= 0.3 is 5.97 Å². The van der Waals surface area contributed by atoms with Gasteiger partial charge < -0.3 is 10.1 Å². The molecule has 0 aliphatic heterocycles. The van der Waals surface area contributed by atoms with Crippen LogP contribution in [0.4, 0.5) is 11.4 Å². The molecule has 2 rings (SSSR count). The molecule has 1 saturated carbocycles. The molecular weight excluding hydrogens is 360 g/mol. The van der Waals surface area contributed by atoms with Crippen LogP contribution < -0.4 is 5.32 Å². The van der Waals surface area contributed by atoms with Crippen LogP contribution in [-0.2, 0) is 14.3 Å². The lowest BCUT2D eigenvalue weighted by Crippen LogP contribution is -2.30. The third-order valence-corrected chi connectivity index (χ3v) is 4.91. The summed E-state index contributed by atoms with van der Waals surface area (Å²) in [4.78, 5) is 34.3. The number of anilines is 1. The van der Waals surface area contributed by atoms with Gasteiger partial charge in [0.2, 0.25) is 0 Å². The van der Waals surface area contributed by atoms with Crippen molar-refractivity contribution >= 4 is 34.9 Å². The van der Waals surface area contributed by atoms with Crippen molar-refractivity contribution in [1.29, 1.82) is 0 Å². The summed E-state index contributed by atoms with van der Waals surface area (Å²) in [5.74, 6) is -0.439. The Morgan fingerprint density at radius 3 is 2.69 bits per heavy atom. The van der Waals surface area contributed by atoms with Gasteiger partial charge in [0.25, 0.3) is 11.6 Å². The van der Waals surface area contributed by atoms with Crippen LogP contribution in [0.2, 0.25) is 5.02 Å². The normalized spacial score (nSPS) is 15.9. The second-order valence-corrected chi connectivity index (χ2v) is 6.99. The Kier molecular flexibility index (Phi) is 7.38. The topological polar surface area (TPSA) is 98.5 Å². The third-order valence-electron chi connectivity index (χ3n) is 4.58. The molecule has 142 valence electrons. The largest absolute Gasteiger partial charge is 0.453 e. The molecule has 1 fully saturated rings. The zero-order valence-electron chi connectivity index (χ0n) is 14.7. The molecule has 1 aromatic carbocycles. The van der Waals surface area contributed by atoms with Crippen molar-refractivity contribution in [3.63, 3.8) is 0 Å². The van der Waals surface area contributed by atoms with E-state index in [9.17, 15) is 19.7 Å². The van der Waals surface area contributed by atoms with Gasteiger partial charge in [-0.2, -0.15) is 0 Å². The highest BCUT2D eigenvalue weighted by atomic mass is 35.5. The van der Waals surface area contributed by atoms with Gasteiger partial charge in [0, 0.05) is 18.6 Å². The zero-order valence-corrected chi connectivity index (χ0v) is 15.5. The van der Waals surface area contributed by atoms with Gasteiger partial charge in [-0.1, -0.05) is 43.7 Å². The van der Waals surface area contributed by atoms with Gasteiger partial charge in [0.1, 0.15) is 0 Å². The predicted molar refractivity (Wildman–Crippen MR) is 98.1 cm³/mol. The number of carbonyl (C=O) groups is 2. The number of benzene rings is 1. The smallest absolute Gasteiger partial charge is 0.306 e. The lowest BCUT2D eigenvalue weighted by Gasteiger charge is -2.21. The molecule has 1 aromatic rings. The molecule has 0 bridgehead atoms. The highest BCUT2D eigenvalue weighted by Gasteiger charge is 2.21. The van der Waals surface area contributed by atoms with Crippen molar-refractivity contribution in [2.24, 2.45) is 5.92 Å². The van der Waals surface area contributed by atoms with Gasteiger partial charge in [-0.25, -0.2) is 0 Å². The second kappa shape index (κ2) is 9.52. The second-order valence-electron chi connectivity index (χ2n) is 6.59. The van der Waals surface area contributed by atoms with Gasteiger partial charge in [0.15, 0.2) is 6.10 Å². The summed E-state index contributed by atoms with van der Waals surface area (Å²) in [6.07, 6.45) is 6.04. The molecule has 1 N–H and O–H groups in total. The molecule has 26 heavy (non-hydrogen) atoms. The van der Waals surface area contributed by atoms with E-state index in [1.807, 2.05) is 0 Å². The summed E-state index contributed by atoms with van der Waals surface area (Å²) in [6.45, 7) is 1.46. The Balaban J connectivity index is 1.84. The molecule has 1 amide bonds. The minimum atomic E-state index is -1.01. The third kappa shape index (κ3) is 5.98. The van der Waals surface area contributed by atoms with Crippen LogP contribution in [0.15, 0.2) is 18.2 Å². The van der Waals surface area contributed by atoms with E-state index in [0.29, 0.717) is 12.3 Å². The molecule has 0 heterocycles. The number of halogens is 1. The van der Waals surface area contributed by atoms with E-state index in [1.54, 1.807) is 0 Å². The standard InChI is InChI=1S/C18H23ClN2O5/c1-12(26-17(22)10-7-13-5-3-2-4-6-13)18(23)20-16-11-14(21(24)25)8-9-15(16)19/h8-9,11-13H,2-7,10H2,1H3,(H,20,23). The Morgan fingerprint density at radius 2 is 2.04 bits per heavy atom. The molecule has 8 heteroatoms. The SMILES string of the molecule is CC(OC(=O)CCC1CCCCC1)C(=O)Nc1cc([N+](=O)[O-])ccc1Cl. The van der Waals surface area contributed by atoms with Crippen LogP contribution in [0.3, 0.4) is 0 Å². The Bertz CT molecular complexity index is 674. The van der Waals surface area contributed by atoms with Crippen molar-refractivity contribution in [1.82, 2.24) is 0 Å². The number of nitro groups is 1. The number of nitrogens with one attached hydrogen (secondary N) is 1. The molecule has 1 aliphatic carbocycles. The Labute approximate surface area is 157 Å². The summed E-state index contributed by atoms with van der Waals surface area (Å²) < 4.78 is 5.17. The number of amides is 1. The molecule has 0 saturated heterocycles. The molecule has 0 aromatic heterocycles. The van der Waals surface area contributed by atoms with Crippen LogP contribution in [0, 0.1) is 16.0 Å². The van der Waals surface area contributed by atoms with Crippen LogP contribution >= 0.6 is 11.6 Å². The van der Waals surface area contributed by atoms with E-state index in [2.05, 4.69) is 5.32 Å². The molecule has 0 radical (unpaired) electrons. The van der Waals surface area contributed by atoms with Crippen molar-refractivity contribution in [3.8, 4) is 0 Å². The van der Waals surface area contributed by atoms with Crippen LogP contribution in [0.5, 0.6) is 0 Å². The fourth-order valence-electron chi connectivity index (χ4n) is 3.06. The molecule has 1 aliphatic rings. The predicted octanol–water partition coefficient (Wildman–Crippen LogP) is 4.48. The van der Waals surface area contributed by atoms with E-state index < -0.39 is 22.9 Å². The highest BCUT2D eigenvalue weighted by Crippen LogP contribution is 2.28. The van der Waals surface area contributed by atoms with Gasteiger partial charge in [-0.05, 0) is 25.3 Å². The quantitative estimate of drug-likeness (QED) is 0.426. The number of non-ortho nitro benzene ring substituents is 1. The Hall–Kier alpha value is -2.15. The number of hydrogen-bond acceptors (Lipinski definition) is 5. The first-order chi connectivity index (χ1) is 12.4. The number of carbonyl (C=O) groups excluding carboxylic acids is 2. The fraction of sp³-hybridized carbons (Fsp3) is 0.556. The number of esters is 1. The molecule has 1 unspecified atom stereocenters. The monoisotopic (exact) mass is 382 g/mol. The summed E-state index contributed by atoms with van der Waals surface area (Å²) in [6, 6.07) is 3.74. The number of nitrogens with zero attached hydrogens (tertiary/aromatic N) is 1. The van der Waals surface area contributed by atoms with Crippen LogP contribution in [0.25, 0.3) is 0 Å². The summed E-state index contributed by atoms with van der Waals surface area (Å²) in [5.41, 5.74) is -0.0854. The van der Waals surface area contributed by atoms with Crippen LogP contribution in [-0.4, -0.2) is 22.9 Å². The molecular formula is C18H23ClN2O5. The van der Waals surface area contributed by atoms with Crippen molar-refractivity contribution in [2.45, 2.75) is 58.0 Å². The highest BCUT2D eigenvalue weighted by molar-refractivity contribution is 6.33.